The van der Waals surface area contributed by atoms with Gasteiger partial charge in [0.15, 0.2) is 5.82 Å². The topological polar surface area (TPSA) is 57.7 Å². The van der Waals surface area contributed by atoms with Crippen LogP contribution in [0.2, 0.25) is 0 Å². The number of pyridine rings is 1. The zero-order chi connectivity index (χ0) is 18.2. The summed E-state index contributed by atoms with van der Waals surface area (Å²) in [5.41, 5.74) is 7.29. The van der Waals surface area contributed by atoms with Gasteiger partial charge in [0.1, 0.15) is 0 Å². The fourth-order valence-electron chi connectivity index (χ4n) is 3.87. The van der Waals surface area contributed by atoms with Crippen LogP contribution >= 0.6 is 0 Å². The number of nitrogens with zero attached hydrogens (tertiary/aromatic N) is 4. The van der Waals surface area contributed by atoms with Crippen molar-refractivity contribution in [3.05, 3.63) is 77.5 Å². The second kappa shape index (κ2) is 6.59. The highest BCUT2D eigenvalue weighted by Crippen LogP contribution is 2.25. The van der Waals surface area contributed by atoms with Crippen molar-refractivity contribution >= 4 is 10.9 Å². The summed E-state index contributed by atoms with van der Waals surface area (Å²) in [6.45, 7) is 4.96. The van der Waals surface area contributed by atoms with E-state index in [0.29, 0.717) is 0 Å². The lowest BCUT2D eigenvalue weighted by atomic mass is 10.0. The number of aromatic nitrogens is 4. The molecule has 0 fully saturated rings. The Hall–Kier alpha value is -3.05. The van der Waals surface area contributed by atoms with Crippen molar-refractivity contribution in [3.8, 4) is 11.4 Å². The lowest BCUT2D eigenvalue weighted by Gasteiger charge is -2.27. The number of rotatable bonds is 3. The van der Waals surface area contributed by atoms with E-state index in [9.17, 15) is 0 Å². The SMILES string of the molecule is Cc1cccc2c(CN3CCc4cnc(-c5ccncc5)nc4C3)c[nH]c12. The Morgan fingerprint density at radius 2 is 2.04 bits per heavy atom. The predicted molar refractivity (Wildman–Crippen MR) is 106 cm³/mol. The molecule has 0 atom stereocenters. The maximum absolute atomic E-state index is 4.85. The first-order chi connectivity index (χ1) is 13.3. The van der Waals surface area contributed by atoms with Crippen LogP contribution in [0.25, 0.3) is 22.3 Å². The van der Waals surface area contributed by atoms with Gasteiger partial charge < -0.3 is 4.98 Å². The van der Waals surface area contributed by atoms with Crippen LogP contribution in [0.1, 0.15) is 22.4 Å². The Morgan fingerprint density at radius 3 is 2.93 bits per heavy atom. The summed E-state index contributed by atoms with van der Waals surface area (Å²) in [6, 6.07) is 10.4. The second-order valence-electron chi connectivity index (χ2n) is 7.17. The minimum atomic E-state index is 0.778. The molecule has 134 valence electrons. The number of fused-ring (bicyclic) bond motifs is 2. The number of benzene rings is 1. The summed E-state index contributed by atoms with van der Waals surface area (Å²) >= 11 is 0. The summed E-state index contributed by atoms with van der Waals surface area (Å²) in [7, 11) is 0. The van der Waals surface area contributed by atoms with Crippen molar-refractivity contribution in [1.82, 2.24) is 24.8 Å². The van der Waals surface area contributed by atoms with Gasteiger partial charge >= 0.3 is 0 Å². The van der Waals surface area contributed by atoms with Gasteiger partial charge in [-0.25, -0.2) is 9.97 Å². The van der Waals surface area contributed by atoms with Crippen LogP contribution in [0.3, 0.4) is 0 Å². The Labute approximate surface area is 158 Å². The van der Waals surface area contributed by atoms with Gasteiger partial charge in [0, 0.05) is 60.9 Å². The summed E-state index contributed by atoms with van der Waals surface area (Å²) < 4.78 is 0. The van der Waals surface area contributed by atoms with Gasteiger partial charge in [-0.2, -0.15) is 0 Å². The van der Waals surface area contributed by atoms with Crippen molar-refractivity contribution in [2.24, 2.45) is 0 Å². The zero-order valence-corrected chi connectivity index (χ0v) is 15.3. The number of hydrogen-bond acceptors (Lipinski definition) is 4. The smallest absolute Gasteiger partial charge is 0.159 e. The molecule has 0 bridgehead atoms. The molecule has 1 N–H and O–H groups in total. The quantitative estimate of drug-likeness (QED) is 0.606. The molecule has 5 nitrogen and oxygen atoms in total. The molecule has 1 aromatic carbocycles. The summed E-state index contributed by atoms with van der Waals surface area (Å²) in [6.07, 6.45) is 8.69. The first-order valence-electron chi connectivity index (χ1n) is 9.31. The van der Waals surface area contributed by atoms with E-state index in [1.165, 1.54) is 27.6 Å². The minimum Gasteiger partial charge on any atom is -0.361 e. The standard InChI is InChI=1S/C22H21N5/c1-15-3-2-4-19-18(12-24-21(15)19)13-27-10-7-17-11-25-22(26-20(17)14-27)16-5-8-23-9-6-16/h2-6,8-9,11-12,24H,7,10,13-14H2,1H3. The molecule has 1 aliphatic rings. The summed E-state index contributed by atoms with van der Waals surface area (Å²) in [5.74, 6) is 0.778. The molecule has 3 aromatic heterocycles. The van der Waals surface area contributed by atoms with E-state index in [2.05, 4.69) is 51.2 Å². The molecule has 0 aliphatic carbocycles. The number of hydrogen-bond donors (Lipinski definition) is 1. The number of aromatic amines is 1. The first kappa shape index (κ1) is 16.1. The molecular weight excluding hydrogens is 334 g/mol. The van der Waals surface area contributed by atoms with Crippen molar-refractivity contribution in [2.45, 2.75) is 26.4 Å². The fourth-order valence-corrected chi connectivity index (χ4v) is 3.87. The van der Waals surface area contributed by atoms with Gasteiger partial charge in [-0.15, -0.1) is 0 Å². The van der Waals surface area contributed by atoms with Gasteiger partial charge in [-0.1, -0.05) is 18.2 Å². The van der Waals surface area contributed by atoms with E-state index in [1.54, 1.807) is 12.4 Å². The molecule has 27 heavy (non-hydrogen) atoms. The van der Waals surface area contributed by atoms with Crippen molar-refractivity contribution in [2.75, 3.05) is 6.54 Å². The third kappa shape index (κ3) is 3.00. The lowest BCUT2D eigenvalue weighted by molar-refractivity contribution is 0.242. The van der Waals surface area contributed by atoms with Gasteiger partial charge in [0.25, 0.3) is 0 Å². The maximum Gasteiger partial charge on any atom is 0.159 e. The number of nitrogens with one attached hydrogen (secondary N) is 1. The predicted octanol–water partition coefficient (Wildman–Crippen LogP) is 3.89. The molecule has 0 saturated carbocycles. The molecule has 0 spiro atoms. The summed E-state index contributed by atoms with van der Waals surface area (Å²) in [4.78, 5) is 19.4. The van der Waals surface area contributed by atoms with Crippen molar-refractivity contribution < 1.29 is 0 Å². The zero-order valence-electron chi connectivity index (χ0n) is 15.3. The highest BCUT2D eigenvalue weighted by atomic mass is 15.1. The molecule has 5 heteroatoms. The van der Waals surface area contributed by atoms with Crippen LogP contribution in [0.15, 0.2) is 55.1 Å². The first-order valence-corrected chi connectivity index (χ1v) is 9.31. The number of aryl methyl sites for hydroxylation is 1. The fraction of sp³-hybridized carbons (Fsp3) is 0.227. The summed E-state index contributed by atoms with van der Waals surface area (Å²) in [5, 5.41) is 1.32. The Kier molecular flexibility index (Phi) is 3.94. The lowest BCUT2D eigenvalue weighted by Crippen LogP contribution is -2.31. The molecule has 5 rings (SSSR count). The molecule has 4 aromatic rings. The molecule has 0 amide bonds. The van der Waals surface area contributed by atoms with Gasteiger partial charge in [0.2, 0.25) is 0 Å². The third-order valence-electron chi connectivity index (χ3n) is 5.37. The Balaban J connectivity index is 1.41. The molecule has 1 aliphatic heterocycles. The van der Waals surface area contributed by atoms with E-state index in [4.69, 9.17) is 4.98 Å². The van der Waals surface area contributed by atoms with Gasteiger partial charge in [-0.05, 0) is 42.2 Å². The monoisotopic (exact) mass is 355 g/mol. The van der Waals surface area contributed by atoms with Crippen molar-refractivity contribution in [3.63, 3.8) is 0 Å². The van der Waals surface area contributed by atoms with Crippen LogP contribution in [0.5, 0.6) is 0 Å². The largest absolute Gasteiger partial charge is 0.361 e. The highest BCUT2D eigenvalue weighted by Gasteiger charge is 2.20. The Bertz CT molecular complexity index is 1100. The van der Waals surface area contributed by atoms with Gasteiger partial charge in [-0.3, -0.25) is 9.88 Å². The minimum absolute atomic E-state index is 0.778. The van der Waals surface area contributed by atoms with Crippen LogP contribution in [0.4, 0.5) is 0 Å². The molecule has 4 heterocycles. The van der Waals surface area contributed by atoms with Crippen LogP contribution in [-0.2, 0) is 19.5 Å². The normalized spacial score (nSPS) is 14.4. The average molecular weight is 355 g/mol. The van der Waals surface area contributed by atoms with Crippen molar-refractivity contribution in [1.29, 1.82) is 0 Å². The van der Waals surface area contributed by atoms with E-state index < -0.39 is 0 Å². The van der Waals surface area contributed by atoms with E-state index in [1.807, 2.05) is 18.3 Å². The van der Waals surface area contributed by atoms with E-state index in [0.717, 1.165) is 43.1 Å². The number of H-pyrrole nitrogens is 1. The molecule has 0 unspecified atom stereocenters. The Morgan fingerprint density at radius 1 is 1.15 bits per heavy atom. The average Bonchev–Trinajstić information content (AvgIpc) is 3.12. The maximum atomic E-state index is 4.85. The van der Waals surface area contributed by atoms with Crippen LogP contribution < -0.4 is 0 Å². The third-order valence-corrected chi connectivity index (χ3v) is 5.37. The molecular formula is C22H21N5. The van der Waals surface area contributed by atoms with Crippen LogP contribution in [0, 0.1) is 6.92 Å². The second-order valence-corrected chi connectivity index (χ2v) is 7.17. The van der Waals surface area contributed by atoms with E-state index in [-0.39, 0.29) is 0 Å². The van der Waals surface area contributed by atoms with Crippen LogP contribution in [-0.4, -0.2) is 31.4 Å². The van der Waals surface area contributed by atoms with Gasteiger partial charge in [0.05, 0.1) is 5.69 Å². The number of para-hydroxylation sites is 1. The molecule has 0 saturated heterocycles. The molecule has 0 radical (unpaired) electrons. The van der Waals surface area contributed by atoms with E-state index >= 15 is 0 Å². The highest BCUT2D eigenvalue weighted by molar-refractivity contribution is 5.85.